The number of benzene rings is 2. The molecular weight excluding hydrogens is 361 g/mol. The van der Waals surface area contributed by atoms with E-state index in [1.807, 2.05) is 41.2 Å². The number of rotatable bonds is 3. The first-order valence-corrected chi connectivity index (χ1v) is 8.67. The Kier molecular flexibility index (Phi) is 4.64. The zero-order chi connectivity index (χ0) is 15.7. The predicted octanol–water partition coefficient (Wildman–Crippen LogP) is 5.62. The van der Waals surface area contributed by atoms with Gasteiger partial charge in [-0.25, -0.2) is 0 Å². The smallest absolute Gasteiger partial charge is 0.195 e. The van der Waals surface area contributed by atoms with Crippen LogP contribution in [0.15, 0.2) is 47.6 Å². The summed E-state index contributed by atoms with van der Waals surface area (Å²) in [6, 6.07) is 12.8. The predicted molar refractivity (Wildman–Crippen MR) is 93.6 cm³/mol. The topological polar surface area (TPSA) is 30.7 Å². The maximum atomic E-state index is 6.33. The molecule has 0 unspecified atom stereocenters. The van der Waals surface area contributed by atoms with Crippen LogP contribution in [0.2, 0.25) is 15.1 Å². The van der Waals surface area contributed by atoms with Gasteiger partial charge in [-0.3, -0.25) is 4.57 Å². The first-order valence-electron chi connectivity index (χ1n) is 6.31. The third-order valence-electron chi connectivity index (χ3n) is 3.08. The summed E-state index contributed by atoms with van der Waals surface area (Å²) in [5.41, 5.74) is 1.55. The van der Waals surface area contributed by atoms with Gasteiger partial charge in [-0.2, -0.15) is 0 Å². The SMILES string of the molecule is CSc1nnc(-c2ccc(Cl)cc2Cl)n1-c1ccccc1Cl. The van der Waals surface area contributed by atoms with Gasteiger partial charge in [-0.15, -0.1) is 10.2 Å². The van der Waals surface area contributed by atoms with E-state index in [1.54, 1.807) is 12.1 Å². The van der Waals surface area contributed by atoms with Crippen LogP contribution in [0.1, 0.15) is 0 Å². The standard InChI is InChI=1S/C15H10Cl3N3S/c1-22-15-20-19-14(10-7-6-9(16)8-12(10)18)21(15)13-5-3-2-4-11(13)17/h2-8H,1H3. The van der Waals surface area contributed by atoms with Crippen LogP contribution >= 0.6 is 46.6 Å². The third-order valence-corrected chi connectivity index (χ3v) is 4.58. The van der Waals surface area contributed by atoms with Crippen LogP contribution < -0.4 is 0 Å². The lowest BCUT2D eigenvalue weighted by Gasteiger charge is -2.12. The van der Waals surface area contributed by atoms with Crippen molar-refractivity contribution >= 4 is 46.6 Å². The van der Waals surface area contributed by atoms with Crippen LogP contribution in [0.5, 0.6) is 0 Å². The Morgan fingerprint density at radius 1 is 0.955 bits per heavy atom. The fraction of sp³-hybridized carbons (Fsp3) is 0.0667. The number of hydrogen-bond donors (Lipinski definition) is 0. The third kappa shape index (κ3) is 2.84. The van der Waals surface area contributed by atoms with Crippen molar-refractivity contribution in [3.05, 3.63) is 57.5 Å². The summed E-state index contributed by atoms with van der Waals surface area (Å²) in [5.74, 6) is 0.624. The summed E-state index contributed by atoms with van der Waals surface area (Å²) >= 11 is 20.1. The Labute approximate surface area is 147 Å². The van der Waals surface area contributed by atoms with Crippen molar-refractivity contribution in [3.63, 3.8) is 0 Å². The van der Waals surface area contributed by atoms with E-state index in [9.17, 15) is 0 Å². The minimum Gasteiger partial charge on any atom is -0.268 e. The van der Waals surface area contributed by atoms with Crippen molar-refractivity contribution in [2.24, 2.45) is 0 Å². The number of aromatic nitrogens is 3. The Hall–Kier alpha value is -1.20. The molecule has 0 aliphatic rings. The van der Waals surface area contributed by atoms with Crippen molar-refractivity contribution in [1.82, 2.24) is 14.8 Å². The molecule has 112 valence electrons. The summed E-state index contributed by atoms with van der Waals surface area (Å²) in [5, 5.41) is 10.9. The molecule has 0 saturated heterocycles. The lowest BCUT2D eigenvalue weighted by atomic mass is 10.2. The van der Waals surface area contributed by atoms with Gasteiger partial charge in [0.1, 0.15) is 0 Å². The molecule has 0 amide bonds. The number of halogens is 3. The van der Waals surface area contributed by atoms with E-state index in [0.29, 0.717) is 20.9 Å². The molecule has 0 saturated carbocycles. The molecule has 3 aromatic rings. The highest BCUT2D eigenvalue weighted by Crippen LogP contribution is 2.34. The quantitative estimate of drug-likeness (QED) is 0.561. The van der Waals surface area contributed by atoms with Crippen molar-refractivity contribution in [3.8, 4) is 17.1 Å². The van der Waals surface area contributed by atoms with E-state index in [-0.39, 0.29) is 0 Å². The fourth-order valence-electron chi connectivity index (χ4n) is 2.10. The van der Waals surface area contributed by atoms with Crippen molar-refractivity contribution < 1.29 is 0 Å². The highest BCUT2D eigenvalue weighted by atomic mass is 35.5. The van der Waals surface area contributed by atoms with Gasteiger partial charge in [-0.05, 0) is 36.6 Å². The van der Waals surface area contributed by atoms with E-state index >= 15 is 0 Å². The monoisotopic (exact) mass is 369 g/mol. The molecule has 0 fully saturated rings. The average molecular weight is 371 g/mol. The van der Waals surface area contributed by atoms with Crippen molar-refractivity contribution in [1.29, 1.82) is 0 Å². The normalized spacial score (nSPS) is 10.9. The highest BCUT2D eigenvalue weighted by molar-refractivity contribution is 7.98. The number of hydrogen-bond acceptors (Lipinski definition) is 3. The average Bonchev–Trinajstić information content (AvgIpc) is 2.91. The second-order valence-corrected chi connectivity index (χ2v) is 6.45. The Balaban J connectivity index is 2.26. The Morgan fingerprint density at radius 2 is 1.73 bits per heavy atom. The maximum absolute atomic E-state index is 6.33. The minimum atomic E-state index is 0.515. The van der Waals surface area contributed by atoms with Gasteiger partial charge in [0, 0.05) is 10.6 Å². The number of para-hydroxylation sites is 1. The van der Waals surface area contributed by atoms with Crippen LogP contribution in [0, 0.1) is 0 Å². The zero-order valence-corrected chi connectivity index (χ0v) is 14.5. The summed E-state index contributed by atoms with van der Waals surface area (Å²) < 4.78 is 1.89. The van der Waals surface area contributed by atoms with Crippen LogP contribution in [-0.2, 0) is 0 Å². The molecule has 0 atom stereocenters. The molecule has 2 aromatic carbocycles. The molecular formula is C15H10Cl3N3S. The molecule has 0 radical (unpaired) electrons. The van der Waals surface area contributed by atoms with E-state index in [2.05, 4.69) is 10.2 Å². The first-order chi connectivity index (χ1) is 10.6. The molecule has 1 heterocycles. The van der Waals surface area contributed by atoms with Gasteiger partial charge in [0.05, 0.1) is 15.7 Å². The van der Waals surface area contributed by atoms with Crippen LogP contribution in [0.3, 0.4) is 0 Å². The summed E-state index contributed by atoms with van der Waals surface area (Å²) in [4.78, 5) is 0. The van der Waals surface area contributed by atoms with Crippen LogP contribution in [-0.4, -0.2) is 21.0 Å². The summed E-state index contributed by atoms with van der Waals surface area (Å²) in [6.07, 6.45) is 1.94. The minimum absolute atomic E-state index is 0.515. The second kappa shape index (κ2) is 6.50. The summed E-state index contributed by atoms with van der Waals surface area (Å²) in [6.45, 7) is 0. The van der Waals surface area contributed by atoms with Crippen LogP contribution in [0.25, 0.3) is 17.1 Å². The Bertz CT molecular complexity index is 833. The highest BCUT2D eigenvalue weighted by Gasteiger charge is 2.18. The lowest BCUT2D eigenvalue weighted by Crippen LogP contribution is -2.00. The molecule has 1 aromatic heterocycles. The van der Waals surface area contributed by atoms with Crippen LogP contribution in [0.4, 0.5) is 0 Å². The van der Waals surface area contributed by atoms with Gasteiger partial charge < -0.3 is 0 Å². The molecule has 3 rings (SSSR count). The second-order valence-electron chi connectivity index (χ2n) is 4.42. The molecule has 0 N–H and O–H groups in total. The zero-order valence-electron chi connectivity index (χ0n) is 11.4. The number of nitrogens with zero attached hydrogens (tertiary/aromatic N) is 3. The van der Waals surface area contributed by atoms with Crippen molar-refractivity contribution in [2.45, 2.75) is 5.16 Å². The maximum Gasteiger partial charge on any atom is 0.195 e. The number of thioether (sulfide) groups is 1. The molecule has 0 aliphatic carbocycles. The Morgan fingerprint density at radius 3 is 2.41 bits per heavy atom. The van der Waals surface area contributed by atoms with Gasteiger partial charge in [0.25, 0.3) is 0 Å². The molecule has 0 aliphatic heterocycles. The van der Waals surface area contributed by atoms with Gasteiger partial charge in [-0.1, -0.05) is 58.7 Å². The van der Waals surface area contributed by atoms with Crippen molar-refractivity contribution in [2.75, 3.05) is 6.26 Å². The molecule has 0 spiro atoms. The lowest BCUT2D eigenvalue weighted by molar-refractivity contribution is 0.889. The van der Waals surface area contributed by atoms with E-state index in [4.69, 9.17) is 34.8 Å². The fourth-order valence-corrected chi connectivity index (χ4v) is 3.30. The van der Waals surface area contributed by atoms with E-state index in [0.717, 1.165) is 16.4 Å². The van der Waals surface area contributed by atoms with Gasteiger partial charge in [0.2, 0.25) is 0 Å². The van der Waals surface area contributed by atoms with Gasteiger partial charge in [0.15, 0.2) is 11.0 Å². The van der Waals surface area contributed by atoms with Gasteiger partial charge >= 0.3 is 0 Å². The molecule has 3 nitrogen and oxygen atoms in total. The first kappa shape index (κ1) is 15.7. The molecule has 7 heteroatoms. The van der Waals surface area contributed by atoms with E-state index < -0.39 is 0 Å². The largest absolute Gasteiger partial charge is 0.268 e. The molecule has 22 heavy (non-hydrogen) atoms. The van der Waals surface area contributed by atoms with E-state index in [1.165, 1.54) is 11.8 Å². The summed E-state index contributed by atoms with van der Waals surface area (Å²) in [7, 11) is 0. The molecule has 0 bridgehead atoms.